The fraction of sp³-hybridized carbons (Fsp3) is 0.0638. The van der Waals surface area contributed by atoms with Crippen LogP contribution in [0.1, 0.15) is 0 Å². The van der Waals surface area contributed by atoms with Crippen LogP contribution in [-0.4, -0.2) is 14.8 Å². The van der Waals surface area contributed by atoms with Crippen LogP contribution in [0.2, 0.25) is 19.6 Å². The van der Waals surface area contributed by atoms with Gasteiger partial charge in [-0.1, -0.05) is 134 Å². The van der Waals surface area contributed by atoms with Crippen LogP contribution in [-0.2, 0) is 0 Å². The van der Waals surface area contributed by atoms with E-state index in [1.807, 2.05) is 0 Å². The average molecular weight is 685 g/mol. The van der Waals surface area contributed by atoms with Gasteiger partial charge in [-0.2, -0.15) is 0 Å². The van der Waals surface area contributed by atoms with E-state index in [0.29, 0.717) is 0 Å². The summed E-state index contributed by atoms with van der Waals surface area (Å²) >= 11 is 0. The van der Waals surface area contributed by atoms with Gasteiger partial charge < -0.3 is 14.5 Å². The molecule has 0 fully saturated rings. The maximum absolute atomic E-state index is 7.04. The molecule has 0 aliphatic carbocycles. The molecule has 2 aliphatic heterocycles. The van der Waals surface area contributed by atoms with Crippen LogP contribution < -0.4 is 36.1 Å². The highest BCUT2D eigenvalue weighted by atomic mass is 28.3. The Labute approximate surface area is 306 Å². The Morgan fingerprint density at radius 3 is 1.75 bits per heavy atom. The first-order valence-corrected chi connectivity index (χ1v) is 21.6. The molecule has 0 radical (unpaired) electrons. The van der Waals surface area contributed by atoms with Crippen molar-refractivity contribution in [2.45, 2.75) is 19.6 Å². The molecule has 8 aromatic rings. The number of para-hydroxylation sites is 3. The number of fused-ring (bicyclic) bond motifs is 8. The van der Waals surface area contributed by atoms with Crippen LogP contribution in [0.5, 0.6) is 11.5 Å². The molecule has 0 N–H and O–H groups in total. The summed E-state index contributed by atoms with van der Waals surface area (Å²) in [6.45, 7) is 7.24. The molecule has 0 saturated carbocycles. The number of ether oxygens (including phenoxy) is 1. The van der Waals surface area contributed by atoms with Crippen molar-refractivity contribution < 1.29 is 4.74 Å². The molecule has 10 rings (SSSR count). The van der Waals surface area contributed by atoms with Gasteiger partial charge in [-0.25, -0.2) is 0 Å². The highest BCUT2D eigenvalue weighted by molar-refractivity contribution is 7.02. The minimum atomic E-state index is -1.77. The van der Waals surface area contributed by atoms with Crippen molar-refractivity contribution in [2.24, 2.45) is 0 Å². The summed E-state index contributed by atoms with van der Waals surface area (Å²) in [6, 6.07) is 61.9. The van der Waals surface area contributed by atoms with E-state index in [1.54, 1.807) is 0 Å². The molecule has 248 valence electrons. The van der Waals surface area contributed by atoms with E-state index in [0.717, 1.165) is 34.2 Å². The van der Waals surface area contributed by atoms with E-state index < -0.39 is 8.07 Å². The Morgan fingerprint density at radius 1 is 0.500 bits per heavy atom. The predicted molar refractivity (Wildman–Crippen MR) is 225 cm³/mol. The molecular formula is C47H37BN2OSi. The first-order chi connectivity index (χ1) is 25.5. The molecule has 3 nitrogen and oxygen atoms in total. The molecule has 0 unspecified atom stereocenters. The fourth-order valence-corrected chi connectivity index (χ4v) is 9.56. The Hall–Kier alpha value is -6.04. The van der Waals surface area contributed by atoms with Crippen molar-refractivity contribution in [3.8, 4) is 11.5 Å². The molecule has 0 amide bonds. The van der Waals surface area contributed by atoms with Crippen molar-refractivity contribution in [2.75, 3.05) is 9.80 Å². The zero-order valence-corrected chi connectivity index (χ0v) is 30.5. The van der Waals surface area contributed by atoms with Crippen LogP contribution >= 0.6 is 0 Å². The van der Waals surface area contributed by atoms with Crippen LogP contribution in [0.25, 0.3) is 21.5 Å². The van der Waals surface area contributed by atoms with Crippen molar-refractivity contribution in [3.05, 3.63) is 170 Å². The van der Waals surface area contributed by atoms with Gasteiger partial charge in [0.05, 0.1) is 13.8 Å². The van der Waals surface area contributed by atoms with E-state index in [9.17, 15) is 0 Å². The van der Waals surface area contributed by atoms with Gasteiger partial charge in [0, 0.05) is 33.8 Å². The third-order valence-electron chi connectivity index (χ3n) is 10.8. The standard InChI is InChI=1S/C47H37BN2OSi/c1-52(2,3)36-29-41-47-44(30-36)51-43-28-27-32-17-13-14-24-37(32)46(43)48(47)45-39-26-16-15-25-38(39)40(31-42(45)50(41)35-22-11-6-12-23-35)49(33-18-7-4-8-19-33)34-20-9-5-10-21-34/h4-31H,1-3H3. The van der Waals surface area contributed by atoms with Gasteiger partial charge in [0.1, 0.15) is 11.5 Å². The number of hydrogen-bond acceptors (Lipinski definition) is 3. The average Bonchev–Trinajstić information content (AvgIpc) is 3.18. The monoisotopic (exact) mass is 684 g/mol. The van der Waals surface area contributed by atoms with Gasteiger partial charge in [-0.15, -0.1) is 0 Å². The topological polar surface area (TPSA) is 15.7 Å². The van der Waals surface area contributed by atoms with Crippen molar-refractivity contribution >= 4 is 92.0 Å². The van der Waals surface area contributed by atoms with Gasteiger partial charge >= 0.3 is 0 Å². The Bertz CT molecular complexity index is 2620. The molecule has 0 spiro atoms. The largest absolute Gasteiger partial charge is 0.458 e. The smallest absolute Gasteiger partial charge is 0.258 e. The second kappa shape index (κ2) is 11.8. The van der Waals surface area contributed by atoms with E-state index in [1.165, 1.54) is 54.5 Å². The molecule has 2 aliphatic rings. The lowest BCUT2D eigenvalue weighted by molar-refractivity contribution is 0.488. The number of rotatable bonds is 5. The summed E-state index contributed by atoms with van der Waals surface area (Å²) in [7, 11) is -1.77. The predicted octanol–water partition coefficient (Wildman–Crippen LogP) is 10.4. The Balaban J connectivity index is 1.38. The first-order valence-electron chi connectivity index (χ1n) is 18.1. The van der Waals surface area contributed by atoms with E-state index in [4.69, 9.17) is 4.74 Å². The van der Waals surface area contributed by atoms with Crippen LogP contribution in [0, 0.1) is 0 Å². The van der Waals surface area contributed by atoms with E-state index in [-0.39, 0.29) is 6.71 Å². The van der Waals surface area contributed by atoms with Crippen LogP contribution in [0.4, 0.5) is 34.1 Å². The molecule has 8 aromatic carbocycles. The Kier molecular flexibility index (Phi) is 6.96. The maximum Gasteiger partial charge on any atom is 0.258 e. The summed E-state index contributed by atoms with van der Waals surface area (Å²) in [4.78, 5) is 4.93. The maximum atomic E-state index is 7.04. The third-order valence-corrected chi connectivity index (χ3v) is 12.8. The molecule has 52 heavy (non-hydrogen) atoms. The quantitative estimate of drug-likeness (QED) is 0.168. The van der Waals surface area contributed by atoms with Crippen molar-refractivity contribution in [1.29, 1.82) is 0 Å². The normalized spacial score (nSPS) is 13.0. The van der Waals surface area contributed by atoms with E-state index in [2.05, 4.69) is 199 Å². The summed E-state index contributed by atoms with van der Waals surface area (Å²) in [5.41, 5.74) is 10.7. The molecule has 0 bridgehead atoms. The highest BCUT2D eigenvalue weighted by Crippen LogP contribution is 2.47. The number of benzene rings is 8. The molecule has 0 atom stereocenters. The van der Waals surface area contributed by atoms with Gasteiger partial charge in [-0.05, 0) is 93.2 Å². The van der Waals surface area contributed by atoms with Crippen molar-refractivity contribution in [3.63, 3.8) is 0 Å². The van der Waals surface area contributed by atoms with Gasteiger partial charge in [0.15, 0.2) is 0 Å². The summed E-state index contributed by atoms with van der Waals surface area (Å²) in [6.07, 6.45) is 0. The lowest BCUT2D eigenvalue weighted by atomic mass is 9.33. The third kappa shape index (κ3) is 4.73. The van der Waals surface area contributed by atoms with Crippen LogP contribution in [0.15, 0.2) is 170 Å². The lowest BCUT2D eigenvalue weighted by Gasteiger charge is -2.42. The number of anilines is 6. The summed E-state index contributed by atoms with van der Waals surface area (Å²) in [5, 5.41) is 6.28. The van der Waals surface area contributed by atoms with Crippen LogP contribution in [0.3, 0.4) is 0 Å². The number of hydrogen-bond donors (Lipinski definition) is 0. The minimum absolute atomic E-state index is 0.0358. The van der Waals surface area contributed by atoms with Crippen molar-refractivity contribution in [1.82, 2.24) is 0 Å². The second-order valence-corrected chi connectivity index (χ2v) is 20.0. The van der Waals surface area contributed by atoms with E-state index >= 15 is 0 Å². The molecule has 5 heteroatoms. The Morgan fingerprint density at radius 2 is 1.08 bits per heavy atom. The zero-order chi connectivity index (χ0) is 35.0. The van der Waals surface area contributed by atoms with Gasteiger partial charge in [0.2, 0.25) is 0 Å². The summed E-state index contributed by atoms with van der Waals surface area (Å²) < 4.78 is 7.04. The molecule has 2 heterocycles. The fourth-order valence-electron chi connectivity index (χ4n) is 8.42. The zero-order valence-electron chi connectivity index (χ0n) is 29.5. The molecule has 0 saturated heterocycles. The number of nitrogens with zero attached hydrogens (tertiary/aromatic N) is 2. The molecular weight excluding hydrogens is 647 g/mol. The van der Waals surface area contributed by atoms with Gasteiger partial charge in [-0.3, -0.25) is 0 Å². The summed E-state index contributed by atoms with van der Waals surface area (Å²) in [5.74, 6) is 1.91. The van der Waals surface area contributed by atoms with Gasteiger partial charge in [0.25, 0.3) is 6.71 Å². The first kappa shape index (κ1) is 30.8. The second-order valence-electron chi connectivity index (χ2n) is 14.9. The molecule has 0 aromatic heterocycles. The highest BCUT2D eigenvalue weighted by Gasteiger charge is 2.45. The minimum Gasteiger partial charge on any atom is -0.458 e. The SMILES string of the molecule is C[Si](C)(C)c1cc2c3c(c1)N(c1ccccc1)c1cc(N(c4ccccc4)c4ccccc4)c4ccccc4c1B3c1c(ccc3ccccc13)O2. The lowest BCUT2D eigenvalue weighted by Crippen LogP contribution is -2.60.